The summed E-state index contributed by atoms with van der Waals surface area (Å²) >= 11 is 0. The molecule has 0 aromatic rings. The fraction of sp³-hybridized carbons (Fsp3) is 0.750. The molecule has 0 spiro atoms. The average Bonchev–Trinajstić information content (AvgIpc) is 3.11. The van der Waals surface area contributed by atoms with Crippen LogP contribution in [-0.2, 0) is 19.5 Å². The summed E-state index contributed by atoms with van der Waals surface area (Å²) in [6.07, 6.45) is 1.43. The second-order valence-electron chi connectivity index (χ2n) is 6.08. The van der Waals surface area contributed by atoms with Crippen LogP contribution in [0, 0.1) is 11.3 Å². The van der Waals surface area contributed by atoms with Gasteiger partial charge in [0.1, 0.15) is 5.84 Å². The summed E-state index contributed by atoms with van der Waals surface area (Å²) in [5.41, 5.74) is 0. The third-order valence-electron chi connectivity index (χ3n) is 4.52. The number of fused-ring (bicyclic) bond motifs is 2. The minimum atomic E-state index is -5.05. The summed E-state index contributed by atoms with van der Waals surface area (Å²) in [6, 6.07) is -2.02. The van der Waals surface area contributed by atoms with Gasteiger partial charge in [-0.05, 0) is 25.8 Å². The zero-order valence-corrected chi connectivity index (χ0v) is 16.5. The fourth-order valence-corrected chi connectivity index (χ4v) is 3.71. The first-order chi connectivity index (χ1) is 11.3. The Morgan fingerprint density at radius 2 is 2.08 bits per heavy atom. The summed E-state index contributed by atoms with van der Waals surface area (Å²) in [7, 11) is -5.05. The molecule has 3 aliphatic heterocycles. The van der Waals surface area contributed by atoms with Gasteiger partial charge in [0.05, 0.1) is 18.0 Å². The van der Waals surface area contributed by atoms with Gasteiger partial charge in [-0.3, -0.25) is 10.2 Å². The number of amidine groups is 1. The van der Waals surface area contributed by atoms with E-state index in [9.17, 15) is 22.6 Å². The van der Waals surface area contributed by atoms with E-state index in [1.807, 2.05) is 0 Å². The van der Waals surface area contributed by atoms with Crippen molar-refractivity contribution in [2.45, 2.75) is 31.3 Å². The van der Waals surface area contributed by atoms with Gasteiger partial charge in [-0.2, -0.15) is 9.35 Å². The number of hydrogen-bond acceptors (Lipinski definition) is 8. The molecular formula is C12H18N5NaO6S. The number of rotatable bonds is 4. The van der Waals surface area contributed by atoms with E-state index in [2.05, 4.69) is 14.9 Å². The maximum Gasteiger partial charge on any atom is 1.00 e. The second kappa shape index (κ2) is 7.86. The number of amides is 3. The topological polar surface area (TPSA) is 155 Å². The maximum atomic E-state index is 12.2. The van der Waals surface area contributed by atoms with E-state index in [1.165, 1.54) is 4.90 Å². The van der Waals surface area contributed by atoms with Crippen molar-refractivity contribution in [2.24, 2.45) is 5.92 Å². The Labute approximate surface area is 167 Å². The van der Waals surface area contributed by atoms with E-state index in [1.54, 1.807) is 0 Å². The molecule has 0 aliphatic carbocycles. The molecule has 3 fully saturated rings. The molecule has 0 aromatic heterocycles. The van der Waals surface area contributed by atoms with Crippen LogP contribution >= 0.6 is 0 Å². The molecular weight excluding hydrogens is 365 g/mol. The number of carbonyl (C=O) groups excluding carboxylic acids is 2. The average molecular weight is 383 g/mol. The predicted octanol–water partition coefficient (Wildman–Crippen LogP) is -4.65. The first-order valence-corrected chi connectivity index (χ1v) is 8.95. The van der Waals surface area contributed by atoms with Crippen molar-refractivity contribution in [2.75, 3.05) is 19.6 Å². The molecule has 0 radical (unpaired) electrons. The normalized spacial score (nSPS) is 28.7. The van der Waals surface area contributed by atoms with Gasteiger partial charge in [0.25, 0.3) is 0 Å². The van der Waals surface area contributed by atoms with Crippen molar-refractivity contribution in [1.82, 2.24) is 20.6 Å². The number of hydroxylamine groups is 2. The van der Waals surface area contributed by atoms with Gasteiger partial charge in [-0.1, -0.05) is 0 Å². The second-order valence-corrected chi connectivity index (χ2v) is 7.05. The van der Waals surface area contributed by atoms with Crippen molar-refractivity contribution >= 4 is 28.2 Å². The molecule has 0 aromatic carbocycles. The van der Waals surface area contributed by atoms with Crippen molar-refractivity contribution in [3.63, 3.8) is 0 Å². The summed E-state index contributed by atoms with van der Waals surface area (Å²) in [6.45, 7) is 1.44. The summed E-state index contributed by atoms with van der Waals surface area (Å²) in [5, 5.41) is 14.2. The van der Waals surface area contributed by atoms with E-state index in [0.717, 1.165) is 6.54 Å². The molecule has 3 rings (SSSR count). The summed E-state index contributed by atoms with van der Waals surface area (Å²) < 4.78 is 36.4. The number of nitrogens with one attached hydrogen (secondary N) is 3. The van der Waals surface area contributed by atoms with Crippen LogP contribution in [0.5, 0.6) is 0 Å². The zero-order valence-electron chi connectivity index (χ0n) is 13.7. The molecule has 3 N–H and O–H groups in total. The Bertz CT molecular complexity index is 667. The molecule has 134 valence electrons. The molecule has 3 amide bonds. The van der Waals surface area contributed by atoms with Crippen LogP contribution in [0.2, 0.25) is 0 Å². The number of carbonyl (C=O) groups is 2. The molecule has 2 bridgehead atoms. The molecule has 3 aliphatic rings. The summed E-state index contributed by atoms with van der Waals surface area (Å²) in [5.74, 6) is -0.582. The summed E-state index contributed by atoms with van der Waals surface area (Å²) in [4.78, 5) is 25.6. The molecule has 13 heteroatoms. The number of urea groups is 1. The Hall–Kier alpha value is -0.760. The van der Waals surface area contributed by atoms with Crippen molar-refractivity contribution in [3.8, 4) is 0 Å². The minimum Gasteiger partial charge on any atom is -0.724 e. The molecule has 25 heavy (non-hydrogen) atoms. The fourth-order valence-electron chi connectivity index (χ4n) is 3.33. The van der Waals surface area contributed by atoms with Gasteiger partial charge in [-0.25, -0.2) is 13.2 Å². The molecule has 0 saturated carbocycles. The van der Waals surface area contributed by atoms with Gasteiger partial charge in [-0.15, -0.1) is 0 Å². The van der Waals surface area contributed by atoms with E-state index in [4.69, 9.17) is 5.41 Å². The van der Waals surface area contributed by atoms with Crippen LogP contribution in [0.3, 0.4) is 0 Å². The van der Waals surface area contributed by atoms with Gasteiger partial charge in [0.15, 0.2) is 0 Å². The Kier molecular flexibility index (Phi) is 6.46. The number of piperidine rings is 1. The number of nitrogens with zero attached hydrogens (tertiary/aromatic N) is 2. The third kappa shape index (κ3) is 4.51. The first-order valence-electron chi connectivity index (χ1n) is 7.61. The Morgan fingerprint density at radius 3 is 2.68 bits per heavy atom. The largest absolute Gasteiger partial charge is 1.00 e. The van der Waals surface area contributed by atoms with Crippen LogP contribution in [0.25, 0.3) is 0 Å². The SMILES string of the molecule is N=C(NC(=O)C1CCNC1)[C@@H]1CC[C@@H]2CN1C(=O)N2OS(=O)(=O)[O-].[Na+]. The molecule has 11 nitrogen and oxygen atoms in total. The Balaban J connectivity index is 0.00000225. The van der Waals surface area contributed by atoms with Crippen LogP contribution in [-0.4, -0.2) is 72.4 Å². The minimum absolute atomic E-state index is 0. The zero-order chi connectivity index (χ0) is 17.5. The molecule has 3 heterocycles. The Morgan fingerprint density at radius 1 is 1.36 bits per heavy atom. The van der Waals surface area contributed by atoms with Crippen LogP contribution in [0.1, 0.15) is 19.3 Å². The van der Waals surface area contributed by atoms with Gasteiger partial charge in [0, 0.05) is 13.1 Å². The van der Waals surface area contributed by atoms with E-state index < -0.39 is 28.5 Å². The predicted molar refractivity (Wildman–Crippen MR) is 78.4 cm³/mol. The first kappa shape index (κ1) is 20.6. The third-order valence-corrected chi connectivity index (χ3v) is 4.86. The quantitative estimate of drug-likeness (QED) is 0.145. The standard InChI is InChI=1S/C12H19N5O6S.Na/c13-10(15-11(18)7-3-4-14-5-7)9-2-1-8-6-16(9)12(19)17(8)23-24(20,21)22;/h7-9,14H,1-6H2,(H2,13,15,18)(H,20,21,22);/q;+1/p-1/t7?,8-,9+;/m1./s1. The molecule has 1 unspecified atom stereocenters. The number of hydrogen-bond donors (Lipinski definition) is 3. The smallest absolute Gasteiger partial charge is 0.724 e. The van der Waals surface area contributed by atoms with Crippen LogP contribution < -0.4 is 40.2 Å². The van der Waals surface area contributed by atoms with Crippen LogP contribution in [0.15, 0.2) is 0 Å². The molecule has 3 saturated heterocycles. The van der Waals surface area contributed by atoms with Crippen molar-refractivity contribution in [3.05, 3.63) is 0 Å². The van der Waals surface area contributed by atoms with Gasteiger partial charge in [0.2, 0.25) is 16.3 Å². The van der Waals surface area contributed by atoms with Gasteiger partial charge < -0.3 is 20.1 Å². The van der Waals surface area contributed by atoms with Crippen LogP contribution in [0.4, 0.5) is 4.79 Å². The van der Waals surface area contributed by atoms with Crippen molar-refractivity contribution < 1.29 is 56.4 Å². The van der Waals surface area contributed by atoms with E-state index in [-0.39, 0.29) is 53.8 Å². The van der Waals surface area contributed by atoms with Gasteiger partial charge >= 0.3 is 35.6 Å². The van der Waals surface area contributed by atoms with E-state index >= 15 is 0 Å². The molecule has 3 atom stereocenters. The monoisotopic (exact) mass is 383 g/mol. The van der Waals surface area contributed by atoms with E-state index in [0.29, 0.717) is 30.9 Å². The maximum absolute atomic E-state index is 12.2. The van der Waals surface area contributed by atoms with Crippen molar-refractivity contribution in [1.29, 1.82) is 5.41 Å².